The van der Waals surface area contributed by atoms with E-state index in [2.05, 4.69) is 35.6 Å². The fraction of sp³-hybridized carbons (Fsp3) is 0.692. The van der Waals surface area contributed by atoms with Gasteiger partial charge < -0.3 is 9.88 Å². The van der Waals surface area contributed by atoms with Crippen LogP contribution in [0.1, 0.15) is 39.3 Å². The highest BCUT2D eigenvalue weighted by atomic mass is 16.2. The molecule has 0 bridgehead atoms. The van der Waals surface area contributed by atoms with Gasteiger partial charge in [0.1, 0.15) is 0 Å². The summed E-state index contributed by atoms with van der Waals surface area (Å²) in [5, 5.41) is 3.18. The van der Waals surface area contributed by atoms with Crippen molar-refractivity contribution in [3.05, 3.63) is 18.2 Å². The van der Waals surface area contributed by atoms with Gasteiger partial charge in [-0.3, -0.25) is 4.79 Å². The van der Waals surface area contributed by atoms with Crippen LogP contribution in [0.15, 0.2) is 12.5 Å². The number of rotatable bonds is 4. The van der Waals surface area contributed by atoms with Gasteiger partial charge in [0.25, 0.3) is 0 Å². The van der Waals surface area contributed by atoms with Crippen molar-refractivity contribution in [2.75, 3.05) is 0 Å². The number of nitrogens with one attached hydrogen (secondary N) is 1. The van der Waals surface area contributed by atoms with Crippen LogP contribution in [0.3, 0.4) is 0 Å². The van der Waals surface area contributed by atoms with E-state index in [0.29, 0.717) is 12.3 Å². The Morgan fingerprint density at radius 1 is 1.59 bits per heavy atom. The predicted octanol–water partition coefficient (Wildman–Crippen LogP) is 1.75. The first kappa shape index (κ1) is 12.1. The van der Waals surface area contributed by atoms with Crippen molar-refractivity contribution >= 4 is 5.91 Å². The molecule has 4 heteroatoms. The molecule has 4 nitrogen and oxygen atoms in total. The van der Waals surface area contributed by atoms with Crippen LogP contribution in [-0.2, 0) is 17.8 Å². The van der Waals surface area contributed by atoms with E-state index in [4.69, 9.17) is 0 Å². The van der Waals surface area contributed by atoms with E-state index < -0.39 is 0 Å². The smallest absolute Gasteiger partial charge is 0.220 e. The van der Waals surface area contributed by atoms with Crippen LogP contribution in [0.2, 0.25) is 0 Å². The number of hydrogen-bond acceptors (Lipinski definition) is 2. The molecule has 1 aromatic heterocycles. The van der Waals surface area contributed by atoms with Crippen molar-refractivity contribution in [1.82, 2.24) is 14.9 Å². The standard InChI is InChI=1S/C13H21N3O/c1-4-16-9-14-8-11(16)7-13(10(2)3)6-5-12(17)15-13/h8-10H,4-7H2,1-3H3,(H,15,17). The van der Waals surface area contributed by atoms with Crippen molar-refractivity contribution in [3.8, 4) is 0 Å². The lowest BCUT2D eigenvalue weighted by atomic mass is 9.81. The minimum Gasteiger partial charge on any atom is -0.350 e. The Hall–Kier alpha value is -1.32. The fourth-order valence-corrected chi connectivity index (χ4v) is 2.61. The van der Waals surface area contributed by atoms with E-state index in [1.54, 1.807) is 0 Å². The summed E-state index contributed by atoms with van der Waals surface area (Å²) in [6.07, 6.45) is 6.24. The van der Waals surface area contributed by atoms with E-state index in [1.165, 1.54) is 5.69 Å². The Bertz CT molecular complexity index is 411. The number of carbonyl (C=O) groups excluding carboxylic acids is 1. The molecule has 0 aliphatic carbocycles. The van der Waals surface area contributed by atoms with Crippen LogP contribution < -0.4 is 5.32 Å². The normalized spacial score (nSPS) is 24.4. The lowest BCUT2D eigenvalue weighted by molar-refractivity contribution is -0.120. The molecule has 1 aliphatic rings. The van der Waals surface area contributed by atoms with Gasteiger partial charge >= 0.3 is 0 Å². The number of amides is 1. The highest BCUT2D eigenvalue weighted by Crippen LogP contribution is 2.31. The van der Waals surface area contributed by atoms with Gasteiger partial charge in [0.15, 0.2) is 0 Å². The molecule has 0 spiro atoms. The minimum atomic E-state index is -0.0793. The number of nitrogens with zero attached hydrogens (tertiary/aromatic N) is 2. The maximum atomic E-state index is 11.5. The van der Waals surface area contributed by atoms with Crippen LogP contribution in [0, 0.1) is 5.92 Å². The third-order valence-corrected chi connectivity index (χ3v) is 3.93. The molecule has 2 rings (SSSR count). The second-order valence-electron chi connectivity index (χ2n) is 5.21. The van der Waals surface area contributed by atoms with Crippen molar-refractivity contribution in [1.29, 1.82) is 0 Å². The summed E-state index contributed by atoms with van der Waals surface area (Å²) >= 11 is 0. The monoisotopic (exact) mass is 235 g/mol. The number of imidazole rings is 1. The molecule has 2 heterocycles. The van der Waals surface area contributed by atoms with E-state index in [1.807, 2.05) is 12.5 Å². The average molecular weight is 235 g/mol. The fourth-order valence-electron chi connectivity index (χ4n) is 2.61. The average Bonchev–Trinajstić information content (AvgIpc) is 2.86. The zero-order valence-corrected chi connectivity index (χ0v) is 10.9. The largest absolute Gasteiger partial charge is 0.350 e. The van der Waals surface area contributed by atoms with Crippen molar-refractivity contribution in [2.45, 2.75) is 52.1 Å². The summed E-state index contributed by atoms with van der Waals surface area (Å²) in [6.45, 7) is 7.40. The predicted molar refractivity (Wildman–Crippen MR) is 66.6 cm³/mol. The van der Waals surface area contributed by atoms with Gasteiger partial charge in [0.05, 0.1) is 6.33 Å². The van der Waals surface area contributed by atoms with Crippen molar-refractivity contribution < 1.29 is 4.79 Å². The first-order chi connectivity index (χ1) is 8.07. The second kappa shape index (κ2) is 4.51. The summed E-state index contributed by atoms with van der Waals surface area (Å²) in [4.78, 5) is 15.7. The highest BCUT2D eigenvalue weighted by molar-refractivity contribution is 5.79. The van der Waals surface area contributed by atoms with Crippen LogP contribution in [0.25, 0.3) is 0 Å². The summed E-state index contributed by atoms with van der Waals surface area (Å²) in [7, 11) is 0. The zero-order chi connectivity index (χ0) is 12.5. The topological polar surface area (TPSA) is 46.9 Å². The maximum Gasteiger partial charge on any atom is 0.220 e. The third kappa shape index (κ3) is 2.21. The molecule has 0 radical (unpaired) electrons. The molecule has 1 unspecified atom stereocenters. The summed E-state index contributed by atoms with van der Waals surface area (Å²) in [6, 6.07) is 0. The van der Waals surface area contributed by atoms with Gasteiger partial charge in [0, 0.05) is 36.8 Å². The Balaban J connectivity index is 2.22. The maximum absolute atomic E-state index is 11.5. The number of carbonyl (C=O) groups is 1. The molecule has 1 aromatic rings. The number of aromatic nitrogens is 2. The molecular formula is C13H21N3O. The molecule has 17 heavy (non-hydrogen) atoms. The Morgan fingerprint density at radius 3 is 2.88 bits per heavy atom. The number of aryl methyl sites for hydroxylation is 1. The van der Waals surface area contributed by atoms with Gasteiger partial charge in [-0.2, -0.15) is 0 Å². The van der Waals surface area contributed by atoms with Crippen LogP contribution in [-0.4, -0.2) is 21.0 Å². The van der Waals surface area contributed by atoms with Crippen LogP contribution in [0.5, 0.6) is 0 Å². The Morgan fingerprint density at radius 2 is 2.35 bits per heavy atom. The molecule has 1 N–H and O–H groups in total. The second-order valence-corrected chi connectivity index (χ2v) is 5.21. The molecule has 94 valence electrons. The van der Waals surface area contributed by atoms with E-state index >= 15 is 0 Å². The lowest BCUT2D eigenvalue weighted by Gasteiger charge is -2.33. The first-order valence-electron chi connectivity index (χ1n) is 6.37. The molecule has 0 saturated carbocycles. The molecule has 1 saturated heterocycles. The van der Waals surface area contributed by atoms with E-state index in [9.17, 15) is 4.79 Å². The molecular weight excluding hydrogens is 214 g/mol. The van der Waals surface area contributed by atoms with Gasteiger partial charge in [-0.1, -0.05) is 13.8 Å². The summed E-state index contributed by atoms with van der Waals surface area (Å²) < 4.78 is 2.15. The third-order valence-electron chi connectivity index (χ3n) is 3.93. The first-order valence-corrected chi connectivity index (χ1v) is 6.37. The van der Waals surface area contributed by atoms with Crippen LogP contribution in [0.4, 0.5) is 0 Å². The van der Waals surface area contributed by atoms with Crippen molar-refractivity contribution in [2.24, 2.45) is 5.92 Å². The quantitative estimate of drug-likeness (QED) is 0.864. The van der Waals surface area contributed by atoms with Gasteiger partial charge in [-0.05, 0) is 19.3 Å². The zero-order valence-electron chi connectivity index (χ0n) is 10.9. The van der Waals surface area contributed by atoms with E-state index in [0.717, 1.165) is 19.4 Å². The molecule has 1 fully saturated rings. The van der Waals surface area contributed by atoms with Gasteiger partial charge in [-0.15, -0.1) is 0 Å². The van der Waals surface area contributed by atoms with Crippen molar-refractivity contribution in [3.63, 3.8) is 0 Å². The summed E-state index contributed by atoms with van der Waals surface area (Å²) in [5.41, 5.74) is 1.13. The van der Waals surface area contributed by atoms with Crippen LogP contribution >= 0.6 is 0 Å². The summed E-state index contributed by atoms with van der Waals surface area (Å²) in [5.74, 6) is 0.621. The SMILES string of the molecule is CCn1cncc1CC1(C(C)C)CCC(=O)N1. The van der Waals surface area contributed by atoms with Gasteiger partial charge in [-0.25, -0.2) is 4.98 Å². The van der Waals surface area contributed by atoms with Gasteiger partial charge in [0.2, 0.25) is 5.91 Å². The molecule has 1 aliphatic heterocycles. The Labute approximate surface area is 102 Å². The molecule has 0 aromatic carbocycles. The lowest BCUT2D eigenvalue weighted by Crippen LogP contribution is -2.48. The Kier molecular flexibility index (Phi) is 3.22. The number of hydrogen-bond donors (Lipinski definition) is 1. The highest BCUT2D eigenvalue weighted by Gasteiger charge is 2.40. The molecule has 1 amide bonds. The minimum absolute atomic E-state index is 0.0793. The molecule has 1 atom stereocenters. The van der Waals surface area contributed by atoms with E-state index in [-0.39, 0.29) is 11.4 Å².